The van der Waals surface area contributed by atoms with Gasteiger partial charge in [0.2, 0.25) is 5.91 Å². The Kier molecular flexibility index (Phi) is 7.30. The molecule has 1 aliphatic rings. The fourth-order valence-electron chi connectivity index (χ4n) is 2.22. The molecule has 1 fully saturated rings. The van der Waals surface area contributed by atoms with Gasteiger partial charge in [-0.15, -0.1) is 0 Å². The van der Waals surface area contributed by atoms with Gasteiger partial charge >= 0.3 is 0 Å². The molecule has 1 unspecified atom stereocenters. The van der Waals surface area contributed by atoms with E-state index in [0.717, 1.165) is 12.8 Å². The summed E-state index contributed by atoms with van der Waals surface area (Å²) in [5, 5.41) is 3.16. The van der Waals surface area contributed by atoms with Gasteiger partial charge in [0.15, 0.2) is 0 Å². The maximum Gasteiger partial charge on any atom is 0.223 e. The van der Waals surface area contributed by atoms with E-state index in [4.69, 9.17) is 0 Å². The summed E-state index contributed by atoms with van der Waals surface area (Å²) >= 11 is 0. The minimum Gasteiger partial charge on any atom is -0.353 e. The zero-order chi connectivity index (χ0) is 12.5. The molecule has 0 spiro atoms. The van der Waals surface area contributed by atoms with Crippen LogP contribution in [0.15, 0.2) is 0 Å². The molecule has 0 saturated heterocycles. The molecule has 0 bridgehead atoms. The molecule has 1 N–H and O–H groups in total. The summed E-state index contributed by atoms with van der Waals surface area (Å²) in [4.78, 5) is 12.1. The van der Waals surface area contributed by atoms with Gasteiger partial charge in [-0.05, 0) is 25.7 Å². The van der Waals surface area contributed by atoms with Crippen molar-refractivity contribution in [2.75, 3.05) is 0 Å². The summed E-state index contributed by atoms with van der Waals surface area (Å²) in [6, 6.07) is 0.516. The van der Waals surface area contributed by atoms with Crippen LogP contribution in [0.1, 0.15) is 78.1 Å². The number of rotatable bonds is 10. The highest BCUT2D eigenvalue weighted by Crippen LogP contribution is 2.22. The molecule has 0 aromatic rings. The Balaban J connectivity index is 2.22. The number of hydrogen-bond donors (Lipinski definition) is 1. The first kappa shape index (κ1) is 14.5. The number of amides is 1. The van der Waals surface area contributed by atoms with Crippen molar-refractivity contribution in [3.8, 4) is 0 Å². The Morgan fingerprint density at radius 1 is 1.06 bits per heavy atom. The van der Waals surface area contributed by atoms with Crippen molar-refractivity contribution in [3.05, 3.63) is 0 Å². The highest BCUT2D eigenvalue weighted by molar-refractivity contribution is 5.79. The monoisotopic (exact) mass is 239 g/mol. The lowest BCUT2D eigenvalue weighted by molar-refractivity contribution is -0.125. The van der Waals surface area contributed by atoms with Gasteiger partial charge in [0.25, 0.3) is 0 Å². The molecule has 100 valence electrons. The standard InChI is InChI=1S/C15H29NO/c1-3-5-7-8-10-13(9-6-4-2)15(17)16-14-11-12-14/h13-14H,3-12H2,1-2H3,(H,16,17). The summed E-state index contributed by atoms with van der Waals surface area (Å²) in [6.07, 6.45) is 12.1. The van der Waals surface area contributed by atoms with Crippen LogP contribution in [0.3, 0.4) is 0 Å². The average molecular weight is 239 g/mol. The number of carbonyl (C=O) groups excluding carboxylic acids is 1. The van der Waals surface area contributed by atoms with Gasteiger partial charge in [0.05, 0.1) is 0 Å². The highest BCUT2D eigenvalue weighted by atomic mass is 16.2. The smallest absolute Gasteiger partial charge is 0.223 e. The molecule has 17 heavy (non-hydrogen) atoms. The van der Waals surface area contributed by atoms with Crippen LogP contribution in [0.4, 0.5) is 0 Å². The first-order valence-corrected chi connectivity index (χ1v) is 7.58. The Morgan fingerprint density at radius 3 is 2.29 bits per heavy atom. The fourth-order valence-corrected chi connectivity index (χ4v) is 2.22. The Bertz CT molecular complexity index is 211. The van der Waals surface area contributed by atoms with Crippen LogP contribution in [0, 0.1) is 5.92 Å². The van der Waals surface area contributed by atoms with Gasteiger partial charge in [0, 0.05) is 12.0 Å². The van der Waals surface area contributed by atoms with Gasteiger partial charge in [-0.1, -0.05) is 52.4 Å². The van der Waals surface area contributed by atoms with E-state index in [2.05, 4.69) is 19.2 Å². The second kappa shape index (κ2) is 8.54. The fraction of sp³-hybridized carbons (Fsp3) is 0.933. The van der Waals surface area contributed by atoms with E-state index in [9.17, 15) is 4.79 Å². The van der Waals surface area contributed by atoms with Crippen LogP contribution in [0.5, 0.6) is 0 Å². The molecule has 0 aromatic carbocycles. The maximum atomic E-state index is 12.1. The SMILES string of the molecule is CCCCCCC(CCCC)C(=O)NC1CC1. The molecule has 0 aliphatic heterocycles. The zero-order valence-corrected chi connectivity index (χ0v) is 11.6. The van der Waals surface area contributed by atoms with E-state index < -0.39 is 0 Å². The Labute approximate surface area is 107 Å². The van der Waals surface area contributed by atoms with Crippen LogP contribution in [0.2, 0.25) is 0 Å². The van der Waals surface area contributed by atoms with E-state index in [0.29, 0.717) is 11.9 Å². The third-order valence-corrected chi connectivity index (χ3v) is 3.61. The Morgan fingerprint density at radius 2 is 1.71 bits per heavy atom. The quantitative estimate of drug-likeness (QED) is 0.573. The minimum absolute atomic E-state index is 0.285. The summed E-state index contributed by atoms with van der Waals surface area (Å²) < 4.78 is 0. The van der Waals surface area contributed by atoms with Crippen molar-refractivity contribution in [2.45, 2.75) is 84.1 Å². The summed E-state index contributed by atoms with van der Waals surface area (Å²) in [5.74, 6) is 0.616. The van der Waals surface area contributed by atoms with Crippen LogP contribution in [-0.2, 0) is 4.79 Å². The lowest BCUT2D eigenvalue weighted by atomic mass is 9.94. The summed E-state index contributed by atoms with van der Waals surface area (Å²) in [6.45, 7) is 4.43. The third-order valence-electron chi connectivity index (χ3n) is 3.61. The van der Waals surface area contributed by atoms with Gasteiger partial charge in [-0.25, -0.2) is 0 Å². The van der Waals surface area contributed by atoms with Gasteiger partial charge in [0.1, 0.15) is 0 Å². The van der Waals surface area contributed by atoms with Crippen molar-refractivity contribution in [1.29, 1.82) is 0 Å². The lowest BCUT2D eigenvalue weighted by Crippen LogP contribution is -2.32. The molecule has 2 nitrogen and oxygen atoms in total. The predicted octanol–water partition coefficient (Wildman–Crippen LogP) is 4.04. The average Bonchev–Trinajstić information content (AvgIpc) is 3.12. The van der Waals surface area contributed by atoms with E-state index in [1.54, 1.807) is 0 Å². The molecule has 1 atom stereocenters. The normalized spacial score (nSPS) is 16.8. The van der Waals surface area contributed by atoms with E-state index in [1.807, 2.05) is 0 Å². The second-order valence-corrected chi connectivity index (χ2v) is 5.47. The molecule has 2 heteroatoms. The van der Waals surface area contributed by atoms with Crippen LogP contribution < -0.4 is 5.32 Å². The van der Waals surface area contributed by atoms with Crippen LogP contribution in [0.25, 0.3) is 0 Å². The van der Waals surface area contributed by atoms with Gasteiger partial charge in [-0.3, -0.25) is 4.79 Å². The lowest BCUT2D eigenvalue weighted by Gasteiger charge is -2.16. The zero-order valence-electron chi connectivity index (χ0n) is 11.6. The predicted molar refractivity (Wildman–Crippen MR) is 72.9 cm³/mol. The topological polar surface area (TPSA) is 29.1 Å². The molecular weight excluding hydrogens is 210 g/mol. The first-order chi connectivity index (χ1) is 8.27. The van der Waals surface area contributed by atoms with Gasteiger partial charge in [-0.2, -0.15) is 0 Å². The maximum absolute atomic E-state index is 12.1. The largest absolute Gasteiger partial charge is 0.353 e. The molecule has 1 saturated carbocycles. The summed E-state index contributed by atoms with van der Waals surface area (Å²) in [7, 11) is 0. The number of carbonyl (C=O) groups is 1. The number of unbranched alkanes of at least 4 members (excludes halogenated alkanes) is 4. The van der Waals surface area contributed by atoms with Crippen molar-refractivity contribution in [2.24, 2.45) is 5.92 Å². The Hall–Kier alpha value is -0.530. The first-order valence-electron chi connectivity index (χ1n) is 7.58. The van der Waals surface area contributed by atoms with Crippen molar-refractivity contribution < 1.29 is 4.79 Å². The van der Waals surface area contributed by atoms with Gasteiger partial charge < -0.3 is 5.32 Å². The number of hydrogen-bond acceptors (Lipinski definition) is 1. The molecule has 1 aliphatic carbocycles. The molecule has 1 rings (SSSR count). The van der Waals surface area contributed by atoms with E-state index in [-0.39, 0.29) is 5.92 Å². The molecule has 0 heterocycles. The molecular formula is C15H29NO. The molecule has 1 amide bonds. The highest BCUT2D eigenvalue weighted by Gasteiger charge is 2.26. The molecule has 0 radical (unpaired) electrons. The molecule has 0 aromatic heterocycles. The van der Waals surface area contributed by atoms with Crippen LogP contribution in [-0.4, -0.2) is 11.9 Å². The summed E-state index contributed by atoms with van der Waals surface area (Å²) in [5.41, 5.74) is 0. The third kappa shape index (κ3) is 6.70. The van der Waals surface area contributed by atoms with Crippen LogP contribution >= 0.6 is 0 Å². The van der Waals surface area contributed by atoms with Crippen molar-refractivity contribution in [3.63, 3.8) is 0 Å². The second-order valence-electron chi connectivity index (χ2n) is 5.47. The van der Waals surface area contributed by atoms with Crippen molar-refractivity contribution >= 4 is 5.91 Å². The number of nitrogens with one attached hydrogen (secondary N) is 1. The van der Waals surface area contributed by atoms with Crippen molar-refractivity contribution in [1.82, 2.24) is 5.32 Å². The van der Waals surface area contributed by atoms with E-state index in [1.165, 1.54) is 51.4 Å². The minimum atomic E-state index is 0.285. The van der Waals surface area contributed by atoms with E-state index >= 15 is 0 Å².